The zero-order valence-corrected chi connectivity index (χ0v) is 20.0. The van der Waals surface area contributed by atoms with Crippen LogP contribution in [-0.2, 0) is 6.67 Å². The van der Waals surface area contributed by atoms with Crippen molar-refractivity contribution in [2.24, 2.45) is 0 Å². The number of nitriles is 1. The van der Waals surface area contributed by atoms with Crippen LogP contribution in [0.25, 0.3) is 17.1 Å². The van der Waals surface area contributed by atoms with Crippen LogP contribution in [0.3, 0.4) is 0 Å². The smallest absolute Gasteiger partial charge is 0.204 e. The largest absolute Gasteiger partial charge is 0.354 e. The van der Waals surface area contributed by atoms with Crippen molar-refractivity contribution >= 4 is 29.6 Å². The lowest BCUT2D eigenvalue weighted by Crippen LogP contribution is -2.47. The Labute approximate surface area is 208 Å². The van der Waals surface area contributed by atoms with Gasteiger partial charge in [-0.25, -0.2) is 9.67 Å². The monoisotopic (exact) mass is 487 g/mol. The van der Waals surface area contributed by atoms with Gasteiger partial charge >= 0.3 is 0 Å². The van der Waals surface area contributed by atoms with Gasteiger partial charge in [0.05, 0.1) is 18.3 Å². The second-order valence-electron chi connectivity index (χ2n) is 8.04. The van der Waals surface area contributed by atoms with Gasteiger partial charge in [-0.1, -0.05) is 29.8 Å². The highest BCUT2D eigenvalue weighted by Crippen LogP contribution is 2.24. The molecule has 0 saturated carbocycles. The number of aromatic nitrogens is 4. The van der Waals surface area contributed by atoms with Crippen LogP contribution in [0.5, 0.6) is 0 Å². The molecule has 9 heteroatoms. The van der Waals surface area contributed by atoms with Crippen LogP contribution >= 0.6 is 23.8 Å². The van der Waals surface area contributed by atoms with Crippen molar-refractivity contribution in [1.29, 1.82) is 5.26 Å². The molecule has 0 atom stereocenters. The van der Waals surface area contributed by atoms with Gasteiger partial charge in [0.2, 0.25) is 4.77 Å². The summed E-state index contributed by atoms with van der Waals surface area (Å²) >= 11 is 12.0. The zero-order chi connectivity index (χ0) is 23.5. The molecule has 0 aliphatic carbocycles. The maximum Gasteiger partial charge on any atom is 0.204 e. The van der Waals surface area contributed by atoms with E-state index in [-0.39, 0.29) is 0 Å². The Morgan fingerprint density at radius 3 is 2.41 bits per heavy atom. The molecule has 0 unspecified atom stereocenters. The third-order valence-electron chi connectivity index (χ3n) is 5.86. The highest BCUT2D eigenvalue weighted by atomic mass is 35.5. The van der Waals surface area contributed by atoms with E-state index in [1.165, 1.54) is 0 Å². The van der Waals surface area contributed by atoms with Gasteiger partial charge in [0, 0.05) is 48.6 Å². The normalized spacial score (nSPS) is 14.2. The number of nitrogens with zero attached hydrogens (tertiary/aromatic N) is 7. The Kier molecular flexibility index (Phi) is 6.41. The number of piperazine rings is 1. The summed E-state index contributed by atoms with van der Waals surface area (Å²) in [6.45, 7) is 3.92. The summed E-state index contributed by atoms with van der Waals surface area (Å²) < 4.78 is 4.53. The lowest BCUT2D eigenvalue weighted by Gasteiger charge is -2.35. The van der Waals surface area contributed by atoms with Gasteiger partial charge in [-0.2, -0.15) is 5.26 Å². The average Bonchev–Trinajstić information content (AvgIpc) is 3.21. The van der Waals surface area contributed by atoms with E-state index in [1.54, 1.807) is 12.3 Å². The predicted octanol–water partition coefficient (Wildman–Crippen LogP) is 4.77. The second-order valence-corrected chi connectivity index (χ2v) is 8.85. The first-order valence-electron chi connectivity index (χ1n) is 11.0. The molecular weight excluding hydrogens is 466 g/mol. The molecule has 1 saturated heterocycles. The topological polar surface area (TPSA) is 65.9 Å². The number of halogens is 1. The molecule has 1 fully saturated rings. The lowest BCUT2D eigenvalue weighted by atomic mass is 10.2. The molecule has 5 rings (SSSR count). The molecule has 2 aromatic carbocycles. The first-order chi connectivity index (χ1) is 16.6. The Hall–Kier alpha value is -3.51. The zero-order valence-electron chi connectivity index (χ0n) is 18.4. The summed E-state index contributed by atoms with van der Waals surface area (Å²) in [6.07, 6.45) is 1.69. The third-order valence-corrected chi connectivity index (χ3v) is 6.51. The molecule has 7 nitrogen and oxygen atoms in total. The van der Waals surface area contributed by atoms with Gasteiger partial charge in [0.25, 0.3) is 0 Å². The van der Waals surface area contributed by atoms with Crippen molar-refractivity contribution in [3.8, 4) is 23.1 Å². The standard InChI is InChI=1S/C25H22ClN7S/c26-21-8-6-20(7-9-21)24-29-32(25(34)33(24)22-4-2-1-3-5-22)18-30-12-14-31(15-13-30)23-16-19(17-27)10-11-28-23/h1-11,16H,12-15,18H2. The van der Waals surface area contributed by atoms with Crippen LogP contribution in [0.15, 0.2) is 72.9 Å². The number of benzene rings is 2. The summed E-state index contributed by atoms with van der Waals surface area (Å²) in [6, 6.07) is 23.4. The van der Waals surface area contributed by atoms with Crippen molar-refractivity contribution in [2.75, 3.05) is 31.1 Å². The molecule has 4 aromatic rings. The van der Waals surface area contributed by atoms with Crippen molar-refractivity contribution in [2.45, 2.75) is 6.67 Å². The van der Waals surface area contributed by atoms with E-state index in [4.69, 9.17) is 34.2 Å². The highest BCUT2D eigenvalue weighted by Gasteiger charge is 2.21. The summed E-state index contributed by atoms with van der Waals surface area (Å²) in [5.74, 6) is 1.62. The lowest BCUT2D eigenvalue weighted by molar-refractivity contribution is 0.194. The summed E-state index contributed by atoms with van der Waals surface area (Å²) in [7, 11) is 0. The van der Waals surface area contributed by atoms with Crippen LogP contribution < -0.4 is 4.90 Å². The fourth-order valence-electron chi connectivity index (χ4n) is 4.06. The van der Waals surface area contributed by atoms with Gasteiger partial charge in [0.15, 0.2) is 5.82 Å². The van der Waals surface area contributed by atoms with E-state index in [9.17, 15) is 0 Å². The highest BCUT2D eigenvalue weighted by molar-refractivity contribution is 7.71. The quantitative estimate of drug-likeness (QED) is 0.378. The van der Waals surface area contributed by atoms with Gasteiger partial charge in [0.1, 0.15) is 5.82 Å². The molecule has 170 valence electrons. The SMILES string of the molecule is N#Cc1ccnc(N2CCN(Cn3nc(-c4ccc(Cl)cc4)n(-c4ccccc4)c3=S)CC2)c1. The van der Waals surface area contributed by atoms with Gasteiger partial charge in [-0.05, 0) is 60.7 Å². The fraction of sp³-hybridized carbons (Fsp3) is 0.200. The fourth-order valence-corrected chi connectivity index (χ4v) is 4.48. The maximum atomic E-state index is 9.16. The predicted molar refractivity (Wildman–Crippen MR) is 136 cm³/mol. The Balaban J connectivity index is 1.39. The van der Waals surface area contributed by atoms with Crippen molar-refractivity contribution in [3.05, 3.63) is 88.3 Å². The molecule has 1 aliphatic rings. The third kappa shape index (κ3) is 4.59. The molecule has 2 aromatic heterocycles. The van der Waals surface area contributed by atoms with E-state index in [2.05, 4.69) is 20.9 Å². The van der Waals surface area contributed by atoms with Crippen molar-refractivity contribution < 1.29 is 0 Å². The van der Waals surface area contributed by atoms with Crippen LogP contribution in [0, 0.1) is 16.1 Å². The van der Waals surface area contributed by atoms with Gasteiger partial charge in [-0.3, -0.25) is 9.47 Å². The Bertz CT molecular complexity index is 1380. The van der Waals surface area contributed by atoms with E-state index in [1.807, 2.05) is 69.9 Å². The molecule has 1 aliphatic heterocycles. The van der Waals surface area contributed by atoms with E-state index in [0.29, 0.717) is 22.0 Å². The maximum absolute atomic E-state index is 9.16. The summed E-state index contributed by atoms with van der Waals surface area (Å²) in [5, 5.41) is 14.8. The number of hydrogen-bond donors (Lipinski definition) is 0. The molecule has 0 amide bonds. The van der Waals surface area contributed by atoms with Gasteiger partial charge < -0.3 is 4.90 Å². The van der Waals surface area contributed by atoms with Crippen LogP contribution in [0.1, 0.15) is 5.56 Å². The number of anilines is 1. The minimum atomic E-state index is 0.596. The minimum absolute atomic E-state index is 0.596. The first-order valence-corrected chi connectivity index (χ1v) is 11.8. The van der Waals surface area contributed by atoms with Crippen LogP contribution in [0.4, 0.5) is 5.82 Å². The van der Waals surface area contributed by atoms with E-state index >= 15 is 0 Å². The molecule has 0 radical (unpaired) electrons. The Morgan fingerprint density at radius 1 is 0.971 bits per heavy atom. The van der Waals surface area contributed by atoms with Crippen molar-refractivity contribution in [1.82, 2.24) is 24.2 Å². The molecule has 3 heterocycles. The molecule has 0 spiro atoms. The number of hydrogen-bond acceptors (Lipinski definition) is 6. The molecular formula is C25H22ClN7S. The van der Waals surface area contributed by atoms with Crippen LogP contribution in [0.2, 0.25) is 5.02 Å². The molecule has 34 heavy (non-hydrogen) atoms. The first kappa shape index (κ1) is 22.3. The molecule has 0 bridgehead atoms. The number of rotatable bonds is 5. The Morgan fingerprint density at radius 2 is 1.71 bits per heavy atom. The van der Waals surface area contributed by atoms with Crippen molar-refractivity contribution in [3.63, 3.8) is 0 Å². The summed E-state index contributed by atoms with van der Waals surface area (Å²) in [4.78, 5) is 8.97. The van der Waals surface area contributed by atoms with E-state index < -0.39 is 0 Å². The minimum Gasteiger partial charge on any atom is -0.354 e. The van der Waals surface area contributed by atoms with E-state index in [0.717, 1.165) is 49.1 Å². The average molecular weight is 488 g/mol. The second kappa shape index (κ2) is 9.77. The van der Waals surface area contributed by atoms with Crippen LogP contribution in [-0.4, -0.2) is 50.4 Å². The van der Waals surface area contributed by atoms with Gasteiger partial charge in [-0.15, -0.1) is 5.10 Å². The summed E-state index contributed by atoms with van der Waals surface area (Å²) in [5.41, 5.74) is 2.54. The molecule has 0 N–H and O–H groups in total. The number of para-hydroxylation sites is 1. The number of pyridine rings is 1.